The average Bonchev–Trinajstić information content (AvgIpc) is 2.70. The highest BCUT2D eigenvalue weighted by atomic mass is 19.1. The van der Waals surface area contributed by atoms with Gasteiger partial charge in [0.25, 0.3) is 5.91 Å². The zero-order valence-corrected chi connectivity index (χ0v) is 14.8. The molecule has 0 fully saturated rings. The van der Waals surface area contributed by atoms with Crippen LogP contribution < -0.4 is 15.4 Å². The zero-order chi connectivity index (χ0) is 19.1. The van der Waals surface area contributed by atoms with Crippen LogP contribution in [0.4, 0.5) is 15.9 Å². The first kappa shape index (κ1) is 18.3. The number of methoxy groups -OCH3 is 1. The van der Waals surface area contributed by atoms with E-state index in [2.05, 4.69) is 20.8 Å². The number of amides is 1. The number of aromatic nitrogens is 2. The lowest BCUT2D eigenvalue weighted by Crippen LogP contribution is -2.15. The van der Waals surface area contributed by atoms with Crippen molar-refractivity contribution in [2.45, 2.75) is 6.42 Å². The fourth-order valence-corrected chi connectivity index (χ4v) is 2.47. The van der Waals surface area contributed by atoms with Crippen LogP contribution >= 0.6 is 0 Å². The van der Waals surface area contributed by atoms with E-state index >= 15 is 0 Å². The first-order valence-electron chi connectivity index (χ1n) is 8.42. The molecule has 0 saturated heterocycles. The van der Waals surface area contributed by atoms with Crippen molar-refractivity contribution < 1.29 is 13.9 Å². The summed E-state index contributed by atoms with van der Waals surface area (Å²) in [5, 5.41) is 13.8. The maximum atomic E-state index is 12.9. The quantitative estimate of drug-likeness (QED) is 0.669. The molecule has 0 spiro atoms. The van der Waals surface area contributed by atoms with Crippen LogP contribution in [0.2, 0.25) is 0 Å². The van der Waals surface area contributed by atoms with E-state index in [1.807, 2.05) is 6.07 Å². The molecule has 0 unspecified atom stereocenters. The Balaban J connectivity index is 1.54. The van der Waals surface area contributed by atoms with E-state index in [1.165, 1.54) is 19.2 Å². The summed E-state index contributed by atoms with van der Waals surface area (Å²) in [4.78, 5) is 12.3. The summed E-state index contributed by atoms with van der Waals surface area (Å²) in [6.45, 7) is 0.618. The number of hydrogen-bond acceptors (Lipinski definition) is 5. The minimum Gasteiger partial charge on any atom is -0.495 e. The number of halogens is 1. The summed E-state index contributed by atoms with van der Waals surface area (Å²) >= 11 is 0. The lowest BCUT2D eigenvalue weighted by atomic mass is 10.1. The van der Waals surface area contributed by atoms with E-state index < -0.39 is 0 Å². The fraction of sp³-hybridized carbons (Fsp3) is 0.150. The van der Waals surface area contributed by atoms with E-state index in [0.29, 0.717) is 23.8 Å². The van der Waals surface area contributed by atoms with Crippen molar-refractivity contribution in [3.8, 4) is 5.75 Å². The predicted molar refractivity (Wildman–Crippen MR) is 102 cm³/mol. The van der Waals surface area contributed by atoms with Crippen LogP contribution in [0.1, 0.15) is 16.1 Å². The number of rotatable bonds is 7. The minimum atomic E-state index is -0.370. The Labute approximate surface area is 156 Å². The van der Waals surface area contributed by atoms with Gasteiger partial charge in [-0.1, -0.05) is 24.3 Å². The van der Waals surface area contributed by atoms with Crippen molar-refractivity contribution in [1.29, 1.82) is 0 Å². The number of carbonyl (C=O) groups is 1. The van der Waals surface area contributed by atoms with Gasteiger partial charge >= 0.3 is 0 Å². The molecule has 0 aliphatic carbocycles. The number of nitrogens with zero attached hydrogens (tertiary/aromatic N) is 2. The van der Waals surface area contributed by atoms with E-state index in [4.69, 9.17) is 4.74 Å². The smallest absolute Gasteiger partial charge is 0.276 e. The van der Waals surface area contributed by atoms with Crippen LogP contribution in [-0.4, -0.2) is 29.8 Å². The van der Waals surface area contributed by atoms with Crippen LogP contribution in [0.3, 0.4) is 0 Å². The van der Waals surface area contributed by atoms with Gasteiger partial charge in [0.15, 0.2) is 5.69 Å². The number of benzene rings is 2. The maximum absolute atomic E-state index is 12.9. The molecule has 2 N–H and O–H groups in total. The molecule has 1 heterocycles. The van der Waals surface area contributed by atoms with Gasteiger partial charge in [-0.25, -0.2) is 4.39 Å². The van der Waals surface area contributed by atoms with Crippen LogP contribution in [-0.2, 0) is 6.42 Å². The second-order valence-corrected chi connectivity index (χ2v) is 5.76. The Morgan fingerprint density at radius 3 is 2.52 bits per heavy atom. The van der Waals surface area contributed by atoms with Crippen LogP contribution in [0.15, 0.2) is 60.7 Å². The lowest BCUT2D eigenvalue weighted by Gasteiger charge is -2.09. The van der Waals surface area contributed by atoms with Crippen molar-refractivity contribution in [3.05, 3.63) is 77.7 Å². The second kappa shape index (κ2) is 8.75. The summed E-state index contributed by atoms with van der Waals surface area (Å²) < 4.78 is 18.1. The predicted octanol–water partition coefficient (Wildman–Crippen LogP) is 3.53. The molecular weight excluding hydrogens is 347 g/mol. The number of anilines is 2. The van der Waals surface area contributed by atoms with Crippen molar-refractivity contribution in [3.63, 3.8) is 0 Å². The SMILES string of the molecule is COc1ccccc1NC(=O)c1ccc(NCCc2ccc(F)cc2)nn1. The van der Waals surface area contributed by atoms with Crippen molar-refractivity contribution in [1.82, 2.24) is 10.2 Å². The van der Waals surface area contributed by atoms with Gasteiger partial charge in [-0.3, -0.25) is 4.79 Å². The van der Waals surface area contributed by atoms with Gasteiger partial charge in [0.2, 0.25) is 0 Å². The minimum absolute atomic E-state index is 0.199. The molecule has 0 aliphatic heterocycles. The van der Waals surface area contributed by atoms with E-state index in [0.717, 1.165) is 12.0 Å². The number of ether oxygens (including phenoxy) is 1. The van der Waals surface area contributed by atoms with E-state index in [-0.39, 0.29) is 17.4 Å². The molecule has 0 atom stereocenters. The van der Waals surface area contributed by atoms with Crippen molar-refractivity contribution in [2.24, 2.45) is 0 Å². The molecule has 0 radical (unpaired) electrons. The molecule has 0 saturated carbocycles. The number of para-hydroxylation sites is 2. The van der Waals surface area contributed by atoms with Gasteiger partial charge in [0, 0.05) is 6.54 Å². The van der Waals surface area contributed by atoms with Gasteiger partial charge in [-0.15, -0.1) is 10.2 Å². The first-order valence-corrected chi connectivity index (χ1v) is 8.42. The van der Waals surface area contributed by atoms with Crippen LogP contribution in [0.25, 0.3) is 0 Å². The van der Waals surface area contributed by atoms with Crippen LogP contribution in [0.5, 0.6) is 5.75 Å². The van der Waals surface area contributed by atoms with Gasteiger partial charge in [0.1, 0.15) is 17.4 Å². The molecule has 0 aliphatic rings. The Bertz CT molecular complexity index is 899. The highest BCUT2D eigenvalue weighted by molar-refractivity contribution is 6.03. The highest BCUT2D eigenvalue weighted by Gasteiger charge is 2.11. The monoisotopic (exact) mass is 366 g/mol. The highest BCUT2D eigenvalue weighted by Crippen LogP contribution is 2.23. The lowest BCUT2D eigenvalue weighted by molar-refractivity contribution is 0.102. The summed E-state index contributed by atoms with van der Waals surface area (Å²) in [5.41, 5.74) is 1.78. The molecule has 27 heavy (non-hydrogen) atoms. The molecule has 2 aromatic carbocycles. The average molecular weight is 366 g/mol. The number of hydrogen-bond donors (Lipinski definition) is 2. The molecule has 1 amide bonds. The van der Waals surface area contributed by atoms with Gasteiger partial charge in [-0.05, 0) is 48.4 Å². The maximum Gasteiger partial charge on any atom is 0.276 e. The molecular formula is C20H19FN4O2. The Morgan fingerprint density at radius 2 is 1.81 bits per heavy atom. The number of nitrogens with one attached hydrogen (secondary N) is 2. The Morgan fingerprint density at radius 1 is 1.04 bits per heavy atom. The van der Waals surface area contributed by atoms with E-state index in [9.17, 15) is 9.18 Å². The van der Waals surface area contributed by atoms with Crippen molar-refractivity contribution in [2.75, 3.05) is 24.3 Å². The van der Waals surface area contributed by atoms with Crippen LogP contribution in [0, 0.1) is 5.82 Å². The third-order valence-electron chi connectivity index (χ3n) is 3.89. The third-order valence-corrected chi connectivity index (χ3v) is 3.89. The normalized spacial score (nSPS) is 10.3. The first-order chi connectivity index (χ1) is 13.2. The fourth-order valence-electron chi connectivity index (χ4n) is 2.47. The second-order valence-electron chi connectivity index (χ2n) is 5.76. The summed E-state index contributed by atoms with van der Waals surface area (Å²) in [6, 6.07) is 16.8. The molecule has 3 aromatic rings. The Kier molecular flexibility index (Phi) is 5.94. The third kappa shape index (κ3) is 5.01. The van der Waals surface area contributed by atoms with Gasteiger partial charge in [0.05, 0.1) is 12.8 Å². The molecule has 7 heteroatoms. The molecule has 0 bridgehead atoms. The van der Waals surface area contributed by atoms with E-state index in [1.54, 1.807) is 42.5 Å². The summed E-state index contributed by atoms with van der Waals surface area (Å²) in [6.07, 6.45) is 0.720. The van der Waals surface area contributed by atoms with Gasteiger partial charge in [-0.2, -0.15) is 0 Å². The molecule has 6 nitrogen and oxygen atoms in total. The summed E-state index contributed by atoms with van der Waals surface area (Å²) in [5.74, 6) is 0.508. The van der Waals surface area contributed by atoms with Crippen molar-refractivity contribution >= 4 is 17.4 Å². The Hall–Kier alpha value is -3.48. The summed E-state index contributed by atoms with van der Waals surface area (Å²) in [7, 11) is 1.54. The largest absolute Gasteiger partial charge is 0.495 e. The molecule has 3 rings (SSSR count). The molecule has 138 valence electrons. The number of carbonyl (C=O) groups excluding carboxylic acids is 1. The standard InChI is InChI=1S/C20H19FN4O2/c1-27-18-5-3-2-4-16(18)23-20(26)17-10-11-19(25-24-17)22-13-12-14-6-8-15(21)9-7-14/h2-11H,12-13H2,1H3,(H,22,25)(H,23,26). The zero-order valence-electron chi connectivity index (χ0n) is 14.8. The molecule has 1 aromatic heterocycles. The topological polar surface area (TPSA) is 76.1 Å². The van der Waals surface area contributed by atoms with Gasteiger partial charge < -0.3 is 15.4 Å².